The Bertz CT molecular complexity index is 885. The van der Waals surface area contributed by atoms with Gasteiger partial charge in [-0.25, -0.2) is 4.21 Å². The number of methoxy groups -OCH3 is 1. The van der Waals surface area contributed by atoms with Crippen LogP contribution in [0.3, 0.4) is 0 Å². The van der Waals surface area contributed by atoms with Gasteiger partial charge < -0.3 is 4.74 Å². The minimum absolute atomic E-state index is 0.364. The lowest BCUT2D eigenvalue weighted by atomic mass is 10.2. The Balaban J connectivity index is 2.08. The van der Waals surface area contributed by atoms with E-state index in [4.69, 9.17) is 4.74 Å². The Morgan fingerprint density at radius 1 is 0.828 bits per heavy atom. The van der Waals surface area contributed by atoms with E-state index in [2.05, 4.69) is 64.7 Å². The molecule has 0 saturated heterocycles. The fraction of sp³-hybridized carbons (Fsp3) is 0.250. The third kappa shape index (κ3) is 5.54. The normalized spacial score (nSPS) is 12.9. The molecule has 29 heavy (non-hydrogen) atoms. The van der Waals surface area contributed by atoms with Crippen molar-refractivity contribution in [1.29, 1.82) is 0 Å². The Labute approximate surface area is 178 Å². The third-order valence-corrected chi connectivity index (χ3v) is 9.07. The Morgan fingerprint density at radius 2 is 1.31 bits per heavy atom. The monoisotopic (exact) mass is 425 g/mol. The van der Waals surface area contributed by atoms with Gasteiger partial charge in [-0.2, -0.15) is 4.08 Å². The lowest BCUT2D eigenvalue weighted by Gasteiger charge is -2.35. The highest BCUT2D eigenvalue weighted by molar-refractivity contribution is 7.93. The molecule has 152 valence electrons. The highest BCUT2D eigenvalue weighted by Gasteiger charge is 2.33. The average molecular weight is 426 g/mol. The second-order valence-electron chi connectivity index (χ2n) is 7.70. The highest BCUT2D eigenvalue weighted by Crippen LogP contribution is 2.43. The van der Waals surface area contributed by atoms with Crippen molar-refractivity contribution in [3.63, 3.8) is 0 Å². The lowest BCUT2D eigenvalue weighted by Crippen LogP contribution is -2.38. The highest BCUT2D eigenvalue weighted by atomic mass is 32.2. The molecule has 3 rings (SSSR count). The van der Waals surface area contributed by atoms with Crippen LogP contribution < -0.4 is 15.3 Å². The maximum atomic E-state index is 13.7. The molecule has 0 bridgehead atoms. The van der Waals surface area contributed by atoms with E-state index in [9.17, 15) is 4.21 Å². The maximum Gasteiger partial charge on any atom is 0.118 e. The van der Waals surface area contributed by atoms with Crippen molar-refractivity contribution in [3.05, 3.63) is 90.5 Å². The first-order valence-electron chi connectivity index (χ1n) is 9.63. The Hall–Kier alpha value is -2.00. The van der Waals surface area contributed by atoms with E-state index < -0.39 is 19.1 Å². The average Bonchev–Trinajstić information content (AvgIpc) is 2.74. The molecule has 1 atom stereocenters. The van der Waals surface area contributed by atoms with Crippen LogP contribution in [0.25, 0.3) is 0 Å². The van der Waals surface area contributed by atoms with Gasteiger partial charge in [-0.15, -0.1) is 0 Å². The zero-order chi connectivity index (χ0) is 20.9. The molecule has 3 aromatic carbocycles. The van der Waals surface area contributed by atoms with Gasteiger partial charge in [-0.1, -0.05) is 72.8 Å². The Kier molecular flexibility index (Phi) is 7.23. The van der Waals surface area contributed by atoms with Crippen LogP contribution in [0.15, 0.2) is 84.9 Å². The number of hydrogen-bond acceptors (Lipinski definition) is 2. The van der Waals surface area contributed by atoms with Gasteiger partial charge in [0, 0.05) is 14.6 Å². The van der Waals surface area contributed by atoms with Gasteiger partial charge in [0.2, 0.25) is 0 Å². The van der Waals surface area contributed by atoms with E-state index in [1.807, 2.05) is 45.0 Å². The predicted molar refractivity (Wildman–Crippen MR) is 126 cm³/mol. The molecule has 5 heteroatoms. The molecule has 0 unspecified atom stereocenters. The topological polar surface area (TPSA) is 29.5 Å². The van der Waals surface area contributed by atoms with Crippen molar-refractivity contribution in [1.82, 2.24) is 4.08 Å². The summed E-state index contributed by atoms with van der Waals surface area (Å²) >= 11 is 0. The van der Waals surface area contributed by atoms with Gasteiger partial charge in [0.15, 0.2) is 0 Å². The van der Waals surface area contributed by atoms with E-state index in [0.717, 1.165) is 11.3 Å². The molecule has 0 spiro atoms. The van der Waals surface area contributed by atoms with E-state index >= 15 is 0 Å². The van der Waals surface area contributed by atoms with E-state index in [1.165, 1.54) is 10.6 Å². The minimum Gasteiger partial charge on any atom is -0.497 e. The number of hydrogen-bond donors (Lipinski definition) is 0. The number of nitrogens with zero attached hydrogens (tertiary/aromatic N) is 1. The number of benzene rings is 3. The van der Waals surface area contributed by atoms with Crippen molar-refractivity contribution < 1.29 is 8.95 Å². The molecule has 0 aromatic heterocycles. The van der Waals surface area contributed by atoms with Gasteiger partial charge in [-0.3, -0.25) is 0 Å². The molecule has 0 aliphatic heterocycles. The molecule has 0 heterocycles. The van der Waals surface area contributed by atoms with E-state index in [1.54, 1.807) is 7.11 Å². The van der Waals surface area contributed by atoms with Gasteiger partial charge in [0.05, 0.1) is 11.9 Å². The quantitative estimate of drug-likeness (QED) is 0.498. The largest absolute Gasteiger partial charge is 0.497 e. The molecular weight excluding hydrogens is 397 g/mol. The van der Waals surface area contributed by atoms with Crippen LogP contribution in [0.5, 0.6) is 5.75 Å². The van der Waals surface area contributed by atoms with Crippen LogP contribution in [0.1, 0.15) is 26.3 Å². The zero-order valence-electron chi connectivity index (χ0n) is 17.4. The van der Waals surface area contributed by atoms with Crippen molar-refractivity contribution in [2.45, 2.75) is 32.1 Å². The molecule has 0 N–H and O–H groups in total. The van der Waals surface area contributed by atoms with Crippen molar-refractivity contribution >= 4 is 29.7 Å². The molecule has 0 amide bonds. The van der Waals surface area contributed by atoms with Crippen LogP contribution in [0.2, 0.25) is 0 Å². The number of ether oxygens (including phenoxy) is 1. The zero-order valence-corrected chi connectivity index (χ0v) is 19.1. The third-order valence-electron chi connectivity index (χ3n) is 4.42. The smallest absolute Gasteiger partial charge is 0.118 e. The van der Waals surface area contributed by atoms with Crippen LogP contribution in [0, 0.1) is 0 Å². The second-order valence-corrected chi connectivity index (χ2v) is 12.3. The molecule has 3 nitrogen and oxygen atoms in total. The standard InChI is InChI=1S/C24H28NO2PS/c1-24(2,3)29(26)25(19-20-15-17-21(27-4)18-16-20)28(22-11-7-5-8-12-22)23-13-9-6-10-14-23/h5-18H,19H2,1-4H3/t29-/m0/s1. The first-order chi connectivity index (χ1) is 13.9. The summed E-state index contributed by atoms with van der Waals surface area (Å²) in [6.45, 7) is 6.71. The van der Waals surface area contributed by atoms with E-state index in [-0.39, 0.29) is 4.75 Å². The van der Waals surface area contributed by atoms with Crippen LogP contribution in [-0.4, -0.2) is 20.1 Å². The summed E-state index contributed by atoms with van der Waals surface area (Å²) in [5, 5.41) is 2.39. The van der Waals surface area contributed by atoms with Crippen LogP contribution in [0.4, 0.5) is 0 Å². The molecule has 0 saturated carbocycles. The maximum absolute atomic E-state index is 13.7. The Morgan fingerprint density at radius 3 is 1.72 bits per heavy atom. The van der Waals surface area contributed by atoms with Crippen LogP contribution in [-0.2, 0) is 17.5 Å². The summed E-state index contributed by atoms with van der Waals surface area (Å²) in [5.74, 6) is 0.825. The molecule has 0 radical (unpaired) electrons. The van der Waals surface area contributed by atoms with Gasteiger partial charge in [-0.05, 0) is 49.1 Å². The first kappa shape index (κ1) is 21.7. The molecule has 0 aliphatic carbocycles. The number of rotatable bonds is 7. The van der Waals surface area contributed by atoms with Crippen molar-refractivity contribution in [3.8, 4) is 5.75 Å². The predicted octanol–water partition coefficient (Wildman–Crippen LogP) is 5.01. The van der Waals surface area contributed by atoms with Gasteiger partial charge in [0.1, 0.15) is 16.7 Å². The fourth-order valence-corrected chi connectivity index (χ4v) is 7.77. The summed E-state index contributed by atoms with van der Waals surface area (Å²) in [7, 11) is -0.467. The second kappa shape index (κ2) is 9.67. The summed E-state index contributed by atoms with van der Waals surface area (Å²) in [5.41, 5.74) is 1.11. The summed E-state index contributed by atoms with van der Waals surface area (Å²) in [4.78, 5) is 0. The molecule has 0 aliphatic rings. The fourth-order valence-electron chi connectivity index (χ4n) is 2.95. The van der Waals surface area contributed by atoms with E-state index in [0.29, 0.717) is 6.54 Å². The first-order valence-corrected chi connectivity index (χ1v) is 12.0. The summed E-state index contributed by atoms with van der Waals surface area (Å²) < 4.78 is 20.8. The molecular formula is C24H28NO2PS. The lowest BCUT2D eigenvalue weighted by molar-refractivity contribution is 0.414. The van der Waals surface area contributed by atoms with Crippen LogP contribution >= 0.6 is 8.07 Å². The summed E-state index contributed by atoms with van der Waals surface area (Å²) in [6.07, 6.45) is 0. The molecule has 0 fully saturated rings. The SMILES string of the molecule is COc1ccc(CN(P(c2ccccc2)c2ccccc2)[S@@](=O)C(C)(C)C)cc1. The van der Waals surface area contributed by atoms with Crippen molar-refractivity contribution in [2.24, 2.45) is 0 Å². The summed E-state index contributed by atoms with van der Waals surface area (Å²) in [6, 6.07) is 28.8. The minimum atomic E-state index is -1.18. The molecule has 3 aromatic rings. The van der Waals surface area contributed by atoms with Gasteiger partial charge >= 0.3 is 0 Å². The van der Waals surface area contributed by atoms with Gasteiger partial charge in [0.25, 0.3) is 0 Å². The van der Waals surface area contributed by atoms with Crippen molar-refractivity contribution in [2.75, 3.05) is 7.11 Å².